The highest BCUT2D eigenvalue weighted by Crippen LogP contribution is 2.22. The summed E-state index contributed by atoms with van der Waals surface area (Å²) in [5, 5.41) is 6.27. The van der Waals surface area contributed by atoms with E-state index in [-0.39, 0.29) is 11.4 Å². The van der Waals surface area contributed by atoms with Crippen LogP contribution in [-0.4, -0.2) is 24.3 Å². The number of rotatable bonds is 5. The molecule has 120 valence electrons. The highest BCUT2D eigenvalue weighted by atomic mass is 19.1. The van der Waals surface area contributed by atoms with Crippen molar-refractivity contribution in [3.8, 4) is 5.69 Å². The zero-order valence-electron chi connectivity index (χ0n) is 12.9. The molecule has 0 bridgehead atoms. The van der Waals surface area contributed by atoms with Crippen molar-refractivity contribution in [2.45, 2.75) is 6.92 Å². The summed E-state index contributed by atoms with van der Waals surface area (Å²) in [4.78, 5) is 13.8. The van der Waals surface area contributed by atoms with Gasteiger partial charge in [0.2, 0.25) is 0 Å². The van der Waals surface area contributed by atoms with Gasteiger partial charge in [0.15, 0.2) is 0 Å². The molecule has 1 aliphatic heterocycles. The van der Waals surface area contributed by atoms with Gasteiger partial charge in [-0.15, -0.1) is 0 Å². The van der Waals surface area contributed by atoms with Crippen molar-refractivity contribution in [1.82, 2.24) is 15.2 Å². The maximum atomic E-state index is 14.6. The van der Waals surface area contributed by atoms with Gasteiger partial charge in [0.05, 0.1) is 24.6 Å². The van der Waals surface area contributed by atoms with E-state index < -0.39 is 0 Å². The van der Waals surface area contributed by atoms with Gasteiger partial charge in [-0.25, -0.2) is 4.39 Å². The van der Waals surface area contributed by atoms with E-state index >= 15 is 0 Å². The second-order valence-electron chi connectivity index (χ2n) is 5.29. The Morgan fingerprint density at radius 1 is 1.30 bits per heavy atom. The van der Waals surface area contributed by atoms with Crippen molar-refractivity contribution in [3.63, 3.8) is 0 Å². The van der Waals surface area contributed by atoms with Gasteiger partial charge in [-0.3, -0.25) is 9.36 Å². The van der Waals surface area contributed by atoms with Crippen molar-refractivity contribution < 1.29 is 4.39 Å². The van der Waals surface area contributed by atoms with Gasteiger partial charge >= 0.3 is 0 Å². The first-order valence-electron chi connectivity index (χ1n) is 7.58. The topological polar surface area (TPSA) is 49.3 Å². The molecule has 2 N–H and O–H groups in total. The lowest BCUT2D eigenvalue weighted by molar-refractivity contribution is 0.618. The van der Waals surface area contributed by atoms with Crippen LogP contribution >= 0.6 is 0 Å². The standard InChI is InChI=1S/C17H19FN4O/c1-2-21(11-13-10-19-12-20-13)16-7-6-14(9-15(16)18)22-8-4-3-5-17(22)23/h3-10,19-20H,2,11-12H2,1H3. The fraction of sp³-hybridized carbons (Fsp3) is 0.235. The minimum absolute atomic E-state index is 0.182. The summed E-state index contributed by atoms with van der Waals surface area (Å²) in [6, 6.07) is 9.74. The summed E-state index contributed by atoms with van der Waals surface area (Å²) in [5.74, 6) is -0.341. The van der Waals surface area contributed by atoms with Crippen molar-refractivity contribution in [2.24, 2.45) is 0 Å². The zero-order valence-corrected chi connectivity index (χ0v) is 12.9. The van der Waals surface area contributed by atoms with E-state index in [2.05, 4.69) is 10.6 Å². The Morgan fingerprint density at radius 2 is 2.17 bits per heavy atom. The van der Waals surface area contributed by atoms with Gasteiger partial charge in [0, 0.05) is 36.8 Å². The van der Waals surface area contributed by atoms with Crippen molar-refractivity contribution >= 4 is 5.69 Å². The summed E-state index contributed by atoms with van der Waals surface area (Å²) < 4.78 is 16.0. The van der Waals surface area contributed by atoms with Crippen LogP contribution in [0.5, 0.6) is 0 Å². The average molecular weight is 314 g/mol. The third-order valence-electron chi connectivity index (χ3n) is 3.81. The summed E-state index contributed by atoms with van der Waals surface area (Å²) in [7, 11) is 0. The Balaban J connectivity index is 1.89. The van der Waals surface area contributed by atoms with Crippen LogP contribution in [0.15, 0.2) is 59.3 Å². The second kappa shape index (κ2) is 6.56. The number of nitrogens with zero attached hydrogens (tertiary/aromatic N) is 2. The number of pyridine rings is 1. The first-order chi connectivity index (χ1) is 11.2. The summed E-state index contributed by atoms with van der Waals surface area (Å²) in [6.45, 7) is 3.97. The molecule has 3 rings (SSSR count). The van der Waals surface area contributed by atoms with Crippen LogP contribution in [0, 0.1) is 5.82 Å². The molecule has 1 aromatic heterocycles. The number of hydrogen-bond acceptors (Lipinski definition) is 4. The molecule has 6 heteroatoms. The van der Waals surface area contributed by atoms with Crippen molar-refractivity contribution in [3.05, 3.63) is 70.7 Å². The summed E-state index contributed by atoms with van der Waals surface area (Å²) >= 11 is 0. The van der Waals surface area contributed by atoms with Crippen LogP contribution in [0.1, 0.15) is 6.92 Å². The SMILES string of the molecule is CCN(CC1=CNCN1)c1ccc(-n2ccccc2=O)cc1F. The highest BCUT2D eigenvalue weighted by Gasteiger charge is 2.14. The lowest BCUT2D eigenvalue weighted by atomic mass is 10.2. The monoisotopic (exact) mass is 314 g/mol. The first kappa shape index (κ1) is 15.1. The molecule has 0 amide bonds. The number of likely N-dealkylation sites (N-methyl/N-ethyl adjacent to an activating group) is 1. The van der Waals surface area contributed by atoms with Gasteiger partial charge in [0.1, 0.15) is 5.82 Å². The molecule has 0 saturated carbocycles. The molecule has 0 aliphatic carbocycles. The molecule has 2 aromatic rings. The molecule has 0 atom stereocenters. The van der Waals surface area contributed by atoms with Gasteiger partial charge in [-0.1, -0.05) is 6.07 Å². The number of hydrogen-bond donors (Lipinski definition) is 2. The maximum Gasteiger partial charge on any atom is 0.255 e. The Hall–Kier alpha value is -2.76. The van der Waals surface area contributed by atoms with Crippen LogP contribution in [0.25, 0.3) is 5.69 Å². The number of nitrogens with one attached hydrogen (secondary N) is 2. The van der Waals surface area contributed by atoms with E-state index in [1.165, 1.54) is 16.7 Å². The Bertz CT molecular complexity index is 784. The Labute approximate surface area is 134 Å². The highest BCUT2D eigenvalue weighted by molar-refractivity contribution is 5.53. The van der Waals surface area contributed by atoms with Crippen molar-refractivity contribution in [1.29, 1.82) is 0 Å². The first-order valence-corrected chi connectivity index (χ1v) is 7.58. The molecule has 23 heavy (non-hydrogen) atoms. The normalized spacial score (nSPS) is 13.2. The quantitative estimate of drug-likeness (QED) is 0.883. The number of anilines is 1. The molecule has 2 heterocycles. The van der Waals surface area contributed by atoms with Crippen molar-refractivity contribution in [2.75, 3.05) is 24.7 Å². The van der Waals surface area contributed by atoms with Crippen LogP contribution in [0.2, 0.25) is 0 Å². The molecule has 5 nitrogen and oxygen atoms in total. The molecule has 0 radical (unpaired) electrons. The van der Waals surface area contributed by atoms with E-state index in [1.807, 2.05) is 18.0 Å². The van der Waals surface area contributed by atoms with E-state index in [0.717, 1.165) is 5.70 Å². The number of aromatic nitrogens is 1. The zero-order chi connectivity index (χ0) is 16.2. The number of benzene rings is 1. The van der Waals surface area contributed by atoms with Crippen LogP contribution in [-0.2, 0) is 0 Å². The summed E-state index contributed by atoms with van der Waals surface area (Å²) in [5.41, 5.74) is 1.88. The molecule has 0 fully saturated rings. The molecule has 0 unspecified atom stereocenters. The predicted molar refractivity (Wildman–Crippen MR) is 89.1 cm³/mol. The second-order valence-corrected chi connectivity index (χ2v) is 5.29. The Morgan fingerprint density at radius 3 is 2.83 bits per heavy atom. The Kier molecular flexibility index (Phi) is 4.32. The average Bonchev–Trinajstić information content (AvgIpc) is 3.06. The van der Waals surface area contributed by atoms with Crippen LogP contribution < -0.4 is 21.1 Å². The summed E-state index contributed by atoms with van der Waals surface area (Å²) in [6.07, 6.45) is 3.53. The van der Waals surface area contributed by atoms with E-state index in [0.29, 0.717) is 31.1 Å². The van der Waals surface area contributed by atoms with Gasteiger partial charge < -0.3 is 15.5 Å². The van der Waals surface area contributed by atoms with E-state index in [9.17, 15) is 9.18 Å². The molecule has 0 saturated heterocycles. The molecular formula is C17H19FN4O. The van der Waals surface area contributed by atoms with Crippen LogP contribution in [0.3, 0.4) is 0 Å². The largest absolute Gasteiger partial charge is 0.372 e. The van der Waals surface area contributed by atoms with Gasteiger partial charge in [-0.05, 0) is 25.1 Å². The number of halogens is 1. The van der Waals surface area contributed by atoms with Gasteiger partial charge in [-0.2, -0.15) is 0 Å². The fourth-order valence-electron chi connectivity index (χ4n) is 2.61. The smallest absolute Gasteiger partial charge is 0.255 e. The third kappa shape index (κ3) is 3.21. The van der Waals surface area contributed by atoms with Crippen LogP contribution in [0.4, 0.5) is 10.1 Å². The predicted octanol–water partition coefficient (Wildman–Crippen LogP) is 1.79. The molecule has 1 aromatic carbocycles. The molecule has 1 aliphatic rings. The lowest BCUT2D eigenvalue weighted by Crippen LogP contribution is -2.30. The van der Waals surface area contributed by atoms with E-state index in [1.54, 1.807) is 30.5 Å². The molecular weight excluding hydrogens is 295 g/mol. The fourth-order valence-corrected chi connectivity index (χ4v) is 2.61. The van der Waals surface area contributed by atoms with E-state index in [4.69, 9.17) is 0 Å². The van der Waals surface area contributed by atoms with Gasteiger partial charge in [0.25, 0.3) is 5.56 Å². The lowest BCUT2D eigenvalue weighted by Gasteiger charge is -2.24. The maximum absolute atomic E-state index is 14.6. The molecule has 0 spiro atoms. The minimum atomic E-state index is -0.341. The third-order valence-corrected chi connectivity index (χ3v) is 3.81. The minimum Gasteiger partial charge on any atom is -0.372 e.